The highest BCUT2D eigenvalue weighted by molar-refractivity contribution is 5.85. The highest BCUT2D eigenvalue weighted by atomic mass is 35.5. The van der Waals surface area contributed by atoms with Crippen LogP contribution in [0.4, 0.5) is 11.4 Å². The molecule has 0 radical (unpaired) electrons. The number of aryl methyl sites for hydroxylation is 1. The second-order valence-corrected chi connectivity index (χ2v) is 4.32. The molecule has 2 aromatic rings. The molecule has 108 valence electrons. The predicted molar refractivity (Wildman–Crippen MR) is 86.5 cm³/mol. The lowest BCUT2D eigenvalue weighted by Crippen LogP contribution is -2.16. The van der Waals surface area contributed by atoms with Crippen molar-refractivity contribution in [3.63, 3.8) is 0 Å². The van der Waals surface area contributed by atoms with Crippen molar-refractivity contribution in [3.05, 3.63) is 48.2 Å². The lowest BCUT2D eigenvalue weighted by atomic mass is 10.2. The van der Waals surface area contributed by atoms with E-state index in [0.29, 0.717) is 12.5 Å². The molecular formula is C16H21ClN2O. The van der Waals surface area contributed by atoms with E-state index in [-0.39, 0.29) is 12.4 Å². The van der Waals surface area contributed by atoms with Crippen molar-refractivity contribution in [2.75, 3.05) is 18.1 Å². The van der Waals surface area contributed by atoms with Gasteiger partial charge in [0.25, 0.3) is 0 Å². The van der Waals surface area contributed by atoms with Crippen LogP contribution in [0, 0.1) is 6.92 Å². The molecule has 3 nitrogen and oxygen atoms in total. The first kappa shape index (κ1) is 16.3. The number of hydrogen-bond donors (Lipinski definition) is 0. The zero-order chi connectivity index (χ0) is 13.7. The molecule has 0 fully saturated rings. The Bertz CT molecular complexity index is 531. The number of benzene rings is 1. The van der Waals surface area contributed by atoms with Gasteiger partial charge in [0.05, 0.1) is 6.61 Å². The number of aromatic nitrogens is 1. The van der Waals surface area contributed by atoms with Crippen LogP contribution in [0.25, 0.3) is 0 Å². The Balaban J connectivity index is 0.00000200. The normalized spacial score (nSPS) is 9.75. The standard InChI is InChI=1S/C16H20N2O.ClH/c1-4-18(14-9-7-6-8-10-14)15-11-13(3)17-16(12-15)19-5-2;/h6-12H,4-5H2,1-3H3;1H. The van der Waals surface area contributed by atoms with Gasteiger partial charge in [0.15, 0.2) is 0 Å². The zero-order valence-corrected chi connectivity index (χ0v) is 13.0. The smallest absolute Gasteiger partial charge is 0.215 e. The van der Waals surface area contributed by atoms with Crippen LogP contribution in [0.1, 0.15) is 19.5 Å². The third-order valence-corrected chi connectivity index (χ3v) is 2.90. The van der Waals surface area contributed by atoms with E-state index in [2.05, 4.69) is 47.1 Å². The molecular weight excluding hydrogens is 272 g/mol. The molecule has 2 rings (SSSR count). The minimum Gasteiger partial charge on any atom is -0.478 e. The lowest BCUT2D eigenvalue weighted by Gasteiger charge is -2.24. The van der Waals surface area contributed by atoms with Crippen molar-refractivity contribution in [3.8, 4) is 5.88 Å². The summed E-state index contributed by atoms with van der Waals surface area (Å²) in [5.41, 5.74) is 3.26. The summed E-state index contributed by atoms with van der Waals surface area (Å²) in [5, 5.41) is 0. The van der Waals surface area contributed by atoms with E-state index in [1.165, 1.54) is 5.69 Å². The first-order valence-electron chi connectivity index (χ1n) is 6.68. The van der Waals surface area contributed by atoms with Crippen LogP contribution in [-0.4, -0.2) is 18.1 Å². The second kappa shape index (κ2) is 7.75. The number of rotatable bonds is 5. The third-order valence-electron chi connectivity index (χ3n) is 2.90. The number of hydrogen-bond acceptors (Lipinski definition) is 3. The maximum Gasteiger partial charge on any atom is 0.215 e. The maximum absolute atomic E-state index is 5.52. The van der Waals surface area contributed by atoms with Gasteiger partial charge in [-0.05, 0) is 39.0 Å². The molecule has 0 aliphatic carbocycles. The van der Waals surface area contributed by atoms with Crippen LogP contribution < -0.4 is 9.64 Å². The molecule has 1 aromatic carbocycles. The van der Waals surface area contributed by atoms with Gasteiger partial charge in [0, 0.05) is 29.7 Å². The highest BCUT2D eigenvalue weighted by Crippen LogP contribution is 2.27. The number of anilines is 2. The van der Waals surface area contributed by atoms with Crippen LogP contribution in [0.15, 0.2) is 42.5 Å². The van der Waals surface area contributed by atoms with Crippen LogP contribution in [0.5, 0.6) is 5.88 Å². The monoisotopic (exact) mass is 292 g/mol. The van der Waals surface area contributed by atoms with E-state index in [1.54, 1.807) is 0 Å². The SMILES string of the molecule is CCOc1cc(N(CC)c2ccccc2)cc(C)n1.Cl. The molecule has 0 atom stereocenters. The van der Waals surface area contributed by atoms with Crippen LogP contribution in [-0.2, 0) is 0 Å². The van der Waals surface area contributed by atoms with Crippen LogP contribution in [0.3, 0.4) is 0 Å². The first-order chi connectivity index (χ1) is 9.24. The number of ether oxygens (including phenoxy) is 1. The molecule has 0 spiro atoms. The predicted octanol–water partition coefficient (Wildman–Crippen LogP) is 4.37. The average Bonchev–Trinajstić information content (AvgIpc) is 2.40. The van der Waals surface area contributed by atoms with Gasteiger partial charge in [-0.15, -0.1) is 12.4 Å². The Kier molecular flexibility index (Phi) is 6.32. The quantitative estimate of drug-likeness (QED) is 0.818. The fraction of sp³-hybridized carbons (Fsp3) is 0.312. The number of nitrogens with zero attached hydrogens (tertiary/aromatic N) is 2. The van der Waals surface area contributed by atoms with Crippen molar-refractivity contribution in [1.82, 2.24) is 4.98 Å². The van der Waals surface area contributed by atoms with Gasteiger partial charge in [-0.3, -0.25) is 0 Å². The second-order valence-electron chi connectivity index (χ2n) is 4.32. The number of halogens is 1. The van der Waals surface area contributed by atoms with Crippen LogP contribution >= 0.6 is 12.4 Å². The van der Waals surface area contributed by atoms with Gasteiger partial charge in [-0.2, -0.15) is 0 Å². The lowest BCUT2D eigenvalue weighted by molar-refractivity contribution is 0.326. The highest BCUT2D eigenvalue weighted by Gasteiger charge is 2.09. The summed E-state index contributed by atoms with van der Waals surface area (Å²) in [7, 11) is 0. The van der Waals surface area contributed by atoms with Crippen molar-refractivity contribution in [2.45, 2.75) is 20.8 Å². The van der Waals surface area contributed by atoms with Crippen molar-refractivity contribution >= 4 is 23.8 Å². The van der Waals surface area contributed by atoms with Gasteiger partial charge < -0.3 is 9.64 Å². The van der Waals surface area contributed by atoms with Crippen molar-refractivity contribution in [2.24, 2.45) is 0 Å². The zero-order valence-electron chi connectivity index (χ0n) is 12.2. The van der Waals surface area contributed by atoms with E-state index in [0.717, 1.165) is 17.9 Å². The summed E-state index contributed by atoms with van der Waals surface area (Å²) in [5.74, 6) is 0.687. The topological polar surface area (TPSA) is 25.4 Å². The number of pyridine rings is 1. The fourth-order valence-corrected chi connectivity index (χ4v) is 2.12. The van der Waals surface area contributed by atoms with E-state index in [9.17, 15) is 0 Å². The fourth-order valence-electron chi connectivity index (χ4n) is 2.12. The Morgan fingerprint density at radius 3 is 2.35 bits per heavy atom. The molecule has 0 unspecified atom stereocenters. The summed E-state index contributed by atoms with van der Waals surface area (Å²) in [6.07, 6.45) is 0. The van der Waals surface area contributed by atoms with E-state index in [4.69, 9.17) is 4.74 Å². The molecule has 0 N–H and O–H groups in total. The summed E-state index contributed by atoms with van der Waals surface area (Å²) in [4.78, 5) is 6.63. The third kappa shape index (κ3) is 3.87. The molecule has 0 amide bonds. The molecule has 1 heterocycles. The Morgan fingerprint density at radius 1 is 1.05 bits per heavy atom. The molecule has 0 saturated carbocycles. The molecule has 0 aliphatic heterocycles. The molecule has 0 saturated heterocycles. The van der Waals surface area contributed by atoms with Gasteiger partial charge >= 0.3 is 0 Å². The van der Waals surface area contributed by atoms with E-state index in [1.807, 2.05) is 26.0 Å². The van der Waals surface area contributed by atoms with Crippen molar-refractivity contribution < 1.29 is 4.74 Å². The Morgan fingerprint density at radius 2 is 1.75 bits per heavy atom. The first-order valence-corrected chi connectivity index (χ1v) is 6.68. The average molecular weight is 293 g/mol. The molecule has 4 heteroatoms. The van der Waals surface area contributed by atoms with E-state index < -0.39 is 0 Å². The Labute approximate surface area is 127 Å². The van der Waals surface area contributed by atoms with Crippen LogP contribution in [0.2, 0.25) is 0 Å². The van der Waals surface area contributed by atoms with Crippen molar-refractivity contribution in [1.29, 1.82) is 0 Å². The maximum atomic E-state index is 5.52. The van der Waals surface area contributed by atoms with Gasteiger partial charge in [0.2, 0.25) is 5.88 Å². The largest absolute Gasteiger partial charge is 0.478 e. The van der Waals surface area contributed by atoms with Gasteiger partial charge in [0.1, 0.15) is 0 Å². The van der Waals surface area contributed by atoms with E-state index >= 15 is 0 Å². The number of para-hydroxylation sites is 1. The van der Waals surface area contributed by atoms with Gasteiger partial charge in [-0.1, -0.05) is 18.2 Å². The summed E-state index contributed by atoms with van der Waals surface area (Å²) in [6, 6.07) is 14.4. The Hall–Kier alpha value is -1.74. The molecule has 1 aromatic heterocycles. The summed E-state index contributed by atoms with van der Waals surface area (Å²) in [6.45, 7) is 7.64. The van der Waals surface area contributed by atoms with Gasteiger partial charge in [-0.25, -0.2) is 4.98 Å². The molecule has 20 heavy (non-hydrogen) atoms. The summed E-state index contributed by atoms with van der Waals surface area (Å²) >= 11 is 0. The molecule has 0 aliphatic rings. The molecule has 0 bridgehead atoms. The minimum absolute atomic E-state index is 0. The minimum atomic E-state index is 0. The summed E-state index contributed by atoms with van der Waals surface area (Å²) < 4.78 is 5.52.